The summed E-state index contributed by atoms with van der Waals surface area (Å²) >= 11 is 6.05. The number of aromatic carboxylic acids is 1. The van der Waals surface area contributed by atoms with Crippen LogP contribution in [0, 0.1) is 0 Å². The van der Waals surface area contributed by atoms with Gasteiger partial charge >= 0.3 is 5.97 Å². The molecule has 1 aromatic heterocycles. The molecule has 1 heterocycles. The third-order valence-electron chi connectivity index (χ3n) is 4.85. The van der Waals surface area contributed by atoms with Crippen molar-refractivity contribution < 1.29 is 15.0 Å². The van der Waals surface area contributed by atoms with Crippen LogP contribution in [0.5, 0.6) is 5.75 Å². The molecule has 5 nitrogen and oxygen atoms in total. The number of aromatic nitrogens is 1. The summed E-state index contributed by atoms with van der Waals surface area (Å²) < 4.78 is 0. The Kier molecular flexibility index (Phi) is 6.39. The lowest BCUT2D eigenvalue weighted by Crippen LogP contribution is -2.03. The molecular formula is C23H23ClN2O3. The van der Waals surface area contributed by atoms with Crippen LogP contribution in [0.1, 0.15) is 40.4 Å². The maximum atomic E-state index is 11.4. The number of nitrogens with zero attached hydrogens (tertiary/aromatic N) is 1. The Morgan fingerprint density at radius 3 is 2.48 bits per heavy atom. The van der Waals surface area contributed by atoms with Gasteiger partial charge in [-0.3, -0.25) is 0 Å². The number of aryl methyl sites for hydroxylation is 1. The highest BCUT2D eigenvalue weighted by Crippen LogP contribution is 2.34. The van der Waals surface area contributed by atoms with E-state index in [-0.39, 0.29) is 10.6 Å². The van der Waals surface area contributed by atoms with Crippen LogP contribution in [0.15, 0.2) is 48.7 Å². The Labute approximate surface area is 175 Å². The van der Waals surface area contributed by atoms with Gasteiger partial charge < -0.3 is 15.5 Å². The van der Waals surface area contributed by atoms with Crippen molar-refractivity contribution in [1.82, 2.24) is 4.98 Å². The summed E-state index contributed by atoms with van der Waals surface area (Å²) in [4.78, 5) is 15.9. The Morgan fingerprint density at radius 2 is 1.83 bits per heavy atom. The molecule has 0 saturated carbocycles. The summed E-state index contributed by atoms with van der Waals surface area (Å²) in [5.74, 6) is -0.903. The molecule has 0 aliphatic carbocycles. The first-order chi connectivity index (χ1) is 13.9. The van der Waals surface area contributed by atoms with Crippen LogP contribution in [0.2, 0.25) is 5.02 Å². The van der Waals surface area contributed by atoms with E-state index < -0.39 is 11.7 Å². The number of pyridine rings is 1. The molecule has 0 aliphatic heterocycles. The monoisotopic (exact) mass is 410 g/mol. The lowest BCUT2D eigenvalue weighted by Gasteiger charge is -2.14. The van der Waals surface area contributed by atoms with Gasteiger partial charge in [0.15, 0.2) is 0 Å². The molecule has 0 aliphatic rings. The van der Waals surface area contributed by atoms with Gasteiger partial charge in [0.25, 0.3) is 0 Å². The Hall–Kier alpha value is -3.05. The maximum absolute atomic E-state index is 11.4. The van der Waals surface area contributed by atoms with Crippen molar-refractivity contribution in [3.05, 3.63) is 75.9 Å². The van der Waals surface area contributed by atoms with Crippen LogP contribution in [0.25, 0.3) is 11.1 Å². The van der Waals surface area contributed by atoms with Crippen LogP contribution in [-0.2, 0) is 12.8 Å². The fourth-order valence-electron chi connectivity index (χ4n) is 3.41. The topological polar surface area (TPSA) is 82.5 Å². The summed E-state index contributed by atoms with van der Waals surface area (Å²) in [7, 11) is 1.82. The molecule has 3 aromatic rings. The number of anilines is 1. The molecule has 2 aromatic carbocycles. The van der Waals surface area contributed by atoms with Gasteiger partial charge in [0.2, 0.25) is 0 Å². The Balaban J connectivity index is 2.06. The summed E-state index contributed by atoms with van der Waals surface area (Å²) in [5, 5.41) is 22.4. The number of hydrogen-bond acceptors (Lipinski definition) is 4. The number of nitrogens with one attached hydrogen (secondary N) is 1. The fraction of sp³-hybridized carbons (Fsp3) is 0.217. The molecule has 0 fully saturated rings. The van der Waals surface area contributed by atoms with Crippen molar-refractivity contribution in [2.75, 3.05) is 12.4 Å². The zero-order valence-corrected chi connectivity index (χ0v) is 17.1. The predicted molar refractivity (Wildman–Crippen MR) is 116 cm³/mol. The number of carbonyl (C=O) groups is 1. The normalized spacial score (nSPS) is 10.7. The molecule has 0 bridgehead atoms. The van der Waals surface area contributed by atoms with Crippen LogP contribution in [-0.4, -0.2) is 28.2 Å². The van der Waals surface area contributed by atoms with Crippen molar-refractivity contribution in [2.45, 2.75) is 26.2 Å². The molecule has 0 atom stereocenters. The summed E-state index contributed by atoms with van der Waals surface area (Å²) in [6.07, 6.45) is 4.44. The lowest BCUT2D eigenvalue weighted by molar-refractivity contribution is 0.0694. The van der Waals surface area contributed by atoms with E-state index in [1.807, 2.05) is 25.2 Å². The third-order valence-corrected chi connectivity index (χ3v) is 5.14. The second-order valence-corrected chi connectivity index (χ2v) is 7.24. The van der Waals surface area contributed by atoms with E-state index in [1.165, 1.54) is 17.2 Å². The van der Waals surface area contributed by atoms with Gasteiger partial charge in [0, 0.05) is 25.2 Å². The van der Waals surface area contributed by atoms with Gasteiger partial charge in [-0.05, 0) is 46.9 Å². The van der Waals surface area contributed by atoms with Crippen LogP contribution in [0.3, 0.4) is 0 Å². The second-order valence-electron chi connectivity index (χ2n) is 6.84. The van der Waals surface area contributed by atoms with Gasteiger partial charge in [0.05, 0.1) is 5.02 Å². The molecule has 6 heteroatoms. The number of hydrogen-bond donors (Lipinski definition) is 3. The molecule has 0 spiro atoms. The average Bonchev–Trinajstić information content (AvgIpc) is 2.71. The molecular weight excluding hydrogens is 388 g/mol. The maximum Gasteiger partial charge on any atom is 0.339 e. The number of aromatic hydroxyl groups is 1. The zero-order chi connectivity index (χ0) is 21.0. The Morgan fingerprint density at radius 1 is 1.10 bits per heavy atom. The predicted octanol–water partition coefficient (Wildman–Crippen LogP) is 5.39. The van der Waals surface area contributed by atoms with Crippen molar-refractivity contribution in [2.24, 2.45) is 0 Å². The molecule has 3 N–H and O–H groups in total. The van der Waals surface area contributed by atoms with Gasteiger partial charge in [-0.1, -0.05) is 49.2 Å². The first kappa shape index (κ1) is 20.7. The molecule has 0 saturated heterocycles. The van der Waals surface area contributed by atoms with E-state index in [4.69, 9.17) is 11.6 Å². The highest BCUT2D eigenvalue weighted by Gasteiger charge is 2.16. The van der Waals surface area contributed by atoms with Crippen molar-refractivity contribution in [3.8, 4) is 16.9 Å². The van der Waals surface area contributed by atoms with E-state index >= 15 is 0 Å². The van der Waals surface area contributed by atoms with Crippen molar-refractivity contribution in [3.63, 3.8) is 0 Å². The van der Waals surface area contributed by atoms with Gasteiger partial charge in [-0.15, -0.1) is 0 Å². The van der Waals surface area contributed by atoms with Crippen molar-refractivity contribution in [1.29, 1.82) is 0 Å². The number of halogens is 1. The van der Waals surface area contributed by atoms with Gasteiger partial charge in [0.1, 0.15) is 17.1 Å². The van der Waals surface area contributed by atoms with Crippen LogP contribution < -0.4 is 5.32 Å². The molecule has 0 radical (unpaired) electrons. The second kappa shape index (κ2) is 8.97. The van der Waals surface area contributed by atoms with E-state index in [1.54, 1.807) is 12.3 Å². The standard InChI is InChI=1S/C23H23ClN2O3/c1-3-6-14-7-4-5-8-15(14)9-17-10-18(13-26-22(17)25-2)16-11-19(23(28)29)21(27)20(24)12-16/h4-5,7-8,10-13,27H,3,6,9H2,1-2H3,(H,25,26)(H,28,29). The zero-order valence-electron chi connectivity index (χ0n) is 16.4. The smallest absolute Gasteiger partial charge is 0.339 e. The first-order valence-corrected chi connectivity index (χ1v) is 9.82. The number of rotatable bonds is 7. The van der Waals surface area contributed by atoms with E-state index in [2.05, 4.69) is 29.4 Å². The highest BCUT2D eigenvalue weighted by molar-refractivity contribution is 6.33. The van der Waals surface area contributed by atoms with E-state index in [0.29, 0.717) is 12.0 Å². The molecule has 0 amide bonds. The molecule has 150 valence electrons. The van der Waals surface area contributed by atoms with E-state index in [0.717, 1.165) is 29.8 Å². The SMILES string of the molecule is CCCc1ccccc1Cc1cc(-c2cc(Cl)c(O)c(C(=O)O)c2)cnc1NC. The van der Waals surface area contributed by atoms with Crippen LogP contribution in [0.4, 0.5) is 5.82 Å². The first-order valence-electron chi connectivity index (χ1n) is 9.44. The van der Waals surface area contributed by atoms with E-state index in [9.17, 15) is 15.0 Å². The quantitative estimate of drug-likeness (QED) is 0.486. The molecule has 29 heavy (non-hydrogen) atoms. The molecule has 3 rings (SSSR count). The summed E-state index contributed by atoms with van der Waals surface area (Å²) in [5.41, 5.74) is 4.62. The minimum atomic E-state index is -1.24. The highest BCUT2D eigenvalue weighted by atomic mass is 35.5. The lowest BCUT2D eigenvalue weighted by atomic mass is 9.95. The van der Waals surface area contributed by atoms with Gasteiger partial charge in [-0.25, -0.2) is 9.78 Å². The number of carboxylic acid groups (broad SMARTS) is 1. The van der Waals surface area contributed by atoms with Crippen molar-refractivity contribution >= 4 is 23.4 Å². The summed E-state index contributed by atoms with van der Waals surface area (Å²) in [6.45, 7) is 2.16. The van der Waals surface area contributed by atoms with Crippen LogP contribution >= 0.6 is 11.6 Å². The largest absolute Gasteiger partial charge is 0.505 e. The number of phenols is 1. The minimum absolute atomic E-state index is 0.00701. The number of benzene rings is 2. The number of carboxylic acids is 1. The molecule has 0 unspecified atom stereocenters. The average molecular weight is 411 g/mol. The van der Waals surface area contributed by atoms with Gasteiger partial charge in [-0.2, -0.15) is 0 Å². The Bertz CT molecular complexity index is 1050. The fourth-order valence-corrected chi connectivity index (χ4v) is 3.62. The minimum Gasteiger partial charge on any atom is -0.505 e. The third kappa shape index (κ3) is 4.51. The summed E-state index contributed by atoms with van der Waals surface area (Å²) in [6, 6.07) is 13.3.